The van der Waals surface area contributed by atoms with Crippen molar-refractivity contribution >= 4 is 27.0 Å². The van der Waals surface area contributed by atoms with Gasteiger partial charge in [0.1, 0.15) is 5.82 Å². The maximum atomic E-state index is 9.93. The van der Waals surface area contributed by atoms with E-state index in [-0.39, 0.29) is 6.54 Å². The monoisotopic (exact) mass is 297 g/mol. The molecular weight excluding hydrogens is 282 g/mol. The third kappa shape index (κ3) is 2.68. The van der Waals surface area contributed by atoms with E-state index in [9.17, 15) is 5.11 Å². The third-order valence-electron chi connectivity index (χ3n) is 2.78. The number of hydrogen-bond donors (Lipinski definition) is 3. The van der Waals surface area contributed by atoms with E-state index in [1.165, 1.54) is 0 Å². The van der Waals surface area contributed by atoms with Crippen LogP contribution in [-0.2, 0) is 6.42 Å². The number of nitrogens with zero attached hydrogens (tertiary/aromatic N) is 1. The Hall–Kier alpha value is -0.910. The number of halogens is 1. The first-order valence-corrected chi connectivity index (χ1v) is 6.28. The summed E-state index contributed by atoms with van der Waals surface area (Å²) in [7, 11) is 0. The molecule has 0 saturated heterocycles. The third-order valence-corrected chi connectivity index (χ3v) is 3.24. The van der Waals surface area contributed by atoms with Crippen LogP contribution in [0.3, 0.4) is 0 Å². The maximum Gasteiger partial charge on any atom is 0.110 e. The van der Waals surface area contributed by atoms with Crippen molar-refractivity contribution in [3.05, 3.63) is 28.0 Å². The average molecular weight is 298 g/mol. The Labute approximate surface area is 108 Å². The fourth-order valence-corrected chi connectivity index (χ4v) is 2.39. The molecule has 0 bridgehead atoms. The van der Waals surface area contributed by atoms with Crippen LogP contribution in [0.4, 0.5) is 0 Å². The van der Waals surface area contributed by atoms with Crippen molar-refractivity contribution in [2.24, 2.45) is 5.73 Å². The first-order valence-electron chi connectivity index (χ1n) is 5.48. The van der Waals surface area contributed by atoms with Gasteiger partial charge in [-0.25, -0.2) is 4.98 Å². The van der Waals surface area contributed by atoms with Gasteiger partial charge in [-0.05, 0) is 31.5 Å². The van der Waals surface area contributed by atoms with E-state index in [2.05, 4.69) is 25.9 Å². The highest BCUT2D eigenvalue weighted by Crippen LogP contribution is 2.23. The molecule has 4 N–H and O–H groups in total. The first kappa shape index (κ1) is 12.5. The molecule has 2 rings (SSSR count). The van der Waals surface area contributed by atoms with Gasteiger partial charge < -0.3 is 15.8 Å². The molecule has 0 aliphatic rings. The predicted octanol–water partition coefficient (Wildman–Crippen LogP) is 1.89. The zero-order valence-corrected chi connectivity index (χ0v) is 11.5. The van der Waals surface area contributed by atoms with Gasteiger partial charge in [0.2, 0.25) is 0 Å². The van der Waals surface area contributed by atoms with Gasteiger partial charge in [-0.2, -0.15) is 0 Å². The number of aromatic nitrogens is 2. The number of nitrogens with two attached hydrogens (primary N) is 1. The lowest BCUT2D eigenvalue weighted by Crippen LogP contribution is -2.36. The van der Waals surface area contributed by atoms with Crippen LogP contribution < -0.4 is 5.73 Å². The summed E-state index contributed by atoms with van der Waals surface area (Å²) in [5.41, 5.74) is 7.60. The number of nitrogens with one attached hydrogen (secondary N) is 1. The quantitative estimate of drug-likeness (QED) is 0.810. The molecule has 0 aliphatic heterocycles. The summed E-state index contributed by atoms with van der Waals surface area (Å²) < 4.78 is 1.02. The first-order chi connectivity index (χ1) is 7.91. The summed E-state index contributed by atoms with van der Waals surface area (Å²) in [4.78, 5) is 7.71. The van der Waals surface area contributed by atoms with E-state index in [1.807, 2.05) is 19.1 Å². The minimum absolute atomic E-state index is 0.215. The number of hydrogen-bond acceptors (Lipinski definition) is 3. The van der Waals surface area contributed by atoms with Gasteiger partial charge in [-0.1, -0.05) is 15.9 Å². The van der Waals surface area contributed by atoms with Crippen LogP contribution in [0.15, 0.2) is 16.6 Å². The molecule has 1 atom stereocenters. The van der Waals surface area contributed by atoms with Crippen molar-refractivity contribution in [2.45, 2.75) is 25.9 Å². The van der Waals surface area contributed by atoms with Crippen molar-refractivity contribution in [3.8, 4) is 0 Å². The number of aromatic amines is 1. The van der Waals surface area contributed by atoms with Gasteiger partial charge in [0.15, 0.2) is 0 Å². The Morgan fingerprint density at radius 2 is 2.24 bits per heavy atom. The second-order valence-corrected chi connectivity index (χ2v) is 5.60. The van der Waals surface area contributed by atoms with Crippen LogP contribution in [0.5, 0.6) is 0 Å². The van der Waals surface area contributed by atoms with Crippen LogP contribution in [0.25, 0.3) is 11.0 Å². The number of aryl methyl sites for hydroxylation is 1. The summed E-state index contributed by atoms with van der Waals surface area (Å²) in [5.74, 6) is 0.761. The number of benzene rings is 1. The van der Waals surface area contributed by atoms with Crippen LogP contribution in [0.1, 0.15) is 18.3 Å². The van der Waals surface area contributed by atoms with Crippen molar-refractivity contribution in [3.63, 3.8) is 0 Å². The maximum absolute atomic E-state index is 9.93. The number of rotatable bonds is 3. The van der Waals surface area contributed by atoms with Gasteiger partial charge >= 0.3 is 0 Å². The fourth-order valence-electron chi connectivity index (χ4n) is 1.81. The van der Waals surface area contributed by atoms with Gasteiger partial charge in [-0.15, -0.1) is 0 Å². The predicted molar refractivity (Wildman–Crippen MR) is 71.9 cm³/mol. The molecule has 5 heteroatoms. The fraction of sp³-hybridized carbons (Fsp3) is 0.417. The van der Waals surface area contributed by atoms with Crippen molar-refractivity contribution in [2.75, 3.05) is 6.54 Å². The van der Waals surface area contributed by atoms with Gasteiger partial charge in [0, 0.05) is 17.4 Å². The van der Waals surface area contributed by atoms with Crippen LogP contribution in [-0.4, -0.2) is 27.2 Å². The van der Waals surface area contributed by atoms with Crippen molar-refractivity contribution in [1.29, 1.82) is 0 Å². The van der Waals surface area contributed by atoms with E-state index >= 15 is 0 Å². The van der Waals surface area contributed by atoms with E-state index in [0.717, 1.165) is 26.9 Å². The van der Waals surface area contributed by atoms with Crippen LogP contribution >= 0.6 is 15.9 Å². The van der Waals surface area contributed by atoms with Crippen molar-refractivity contribution in [1.82, 2.24) is 9.97 Å². The Balaban J connectivity index is 2.42. The topological polar surface area (TPSA) is 74.9 Å². The van der Waals surface area contributed by atoms with Gasteiger partial charge in [0.25, 0.3) is 0 Å². The summed E-state index contributed by atoms with van der Waals surface area (Å²) in [5, 5.41) is 9.93. The molecular formula is C12H16BrN3O. The Morgan fingerprint density at radius 3 is 2.88 bits per heavy atom. The van der Waals surface area contributed by atoms with E-state index in [4.69, 9.17) is 5.73 Å². The lowest BCUT2D eigenvalue weighted by atomic mass is 10.0. The molecule has 1 aromatic carbocycles. The minimum atomic E-state index is -0.918. The van der Waals surface area contributed by atoms with Crippen LogP contribution in [0.2, 0.25) is 0 Å². The average Bonchev–Trinajstić information content (AvgIpc) is 2.59. The summed E-state index contributed by atoms with van der Waals surface area (Å²) in [6.07, 6.45) is 0.426. The summed E-state index contributed by atoms with van der Waals surface area (Å²) in [6, 6.07) is 4.00. The molecule has 0 fully saturated rings. The SMILES string of the molecule is Cc1cc(Br)cc2[nH]c(CC(C)(O)CN)nc12. The lowest BCUT2D eigenvalue weighted by Gasteiger charge is -2.18. The molecule has 0 amide bonds. The summed E-state index contributed by atoms with van der Waals surface area (Å²) >= 11 is 3.45. The Kier molecular flexibility index (Phi) is 3.25. The molecule has 1 aromatic heterocycles. The largest absolute Gasteiger partial charge is 0.388 e. The number of H-pyrrole nitrogens is 1. The van der Waals surface area contributed by atoms with E-state index in [1.54, 1.807) is 6.92 Å². The normalized spacial score (nSPS) is 15.1. The smallest absolute Gasteiger partial charge is 0.110 e. The molecule has 0 spiro atoms. The van der Waals surface area contributed by atoms with E-state index in [0.29, 0.717) is 6.42 Å². The minimum Gasteiger partial charge on any atom is -0.388 e. The Morgan fingerprint density at radius 1 is 1.53 bits per heavy atom. The number of aliphatic hydroxyl groups is 1. The summed E-state index contributed by atoms with van der Waals surface area (Å²) in [6.45, 7) is 3.94. The van der Waals surface area contributed by atoms with E-state index < -0.39 is 5.60 Å². The van der Waals surface area contributed by atoms with Gasteiger partial charge in [-0.3, -0.25) is 0 Å². The van der Waals surface area contributed by atoms with Gasteiger partial charge in [0.05, 0.1) is 16.6 Å². The number of imidazole rings is 1. The molecule has 0 saturated carbocycles. The molecule has 2 aromatic rings. The molecule has 1 heterocycles. The molecule has 0 aliphatic carbocycles. The molecule has 17 heavy (non-hydrogen) atoms. The lowest BCUT2D eigenvalue weighted by molar-refractivity contribution is 0.0678. The standard InChI is InChI=1S/C12H16BrN3O/c1-7-3-8(13)4-9-11(7)16-10(15-9)5-12(2,17)6-14/h3-4,17H,5-6,14H2,1-2H3,(H,15,16). The second kappa shape index (κ2) is 4.40. The Bertz CT molecular complexity index is 548. The van der Waals surface area contributed by atoms with Crippen molar-refractivity contribution < 1.29 is 5.11 Å². The van der Waals surface area contributed by atoms with Crippen LogP contribution in [0, 0.1) is 6.92 Å². The highest BCUT2D eigenvalue weighted by Gasteiger charge is 2.21. The zero-order valence-electron chi connectivity index (χ0n) is 9.92. The molecule has 1 unspecified atom stereocenters. The highest BCUT2D eigenvalue weighted by molar-refractivity contribution is 9.10. The second-order valence-electron chi connectivity index (χ2n) is 4.68. The zero-order chi connectivity index (χ0) is 12.6. The number of fused-ring (bicyclic) bond motifs is 1. The molecule has 4 nitrogen and oxygen atoms in total. The highest BCUT2D eigenvalue weighted by atomic mass is 79.9. The molecule has 92 valence electrons. The molecule has 0 radical (unpaired) electrons.